The summed E-state index contributed by atoms with van der Waals surface area (Å²) in [5.41, 5.74) is 0.493. The van der Waals surface area contributed by atoms with Crippen LogP contribution in [0.4, 0.5) is 5.82 Å². The van der Waals surface area contributed by atoms with Crippen LogP contribution in [0.1, 0.15) is 36.2 Å². The first-order valence-electron chi connectivity index (χ1n) is 7.43. The van der Waals surface area contributed by atoms with Gasteiger partial charge in [-0.05, 0) is 43.2 Å². The highest BCUT2D eigenvalue weighted by molar-refractivity contribution is 5.93. The molecule has 3 heterocycles. The molecule has 7 nitrogen and oxygen atoms in total. The second-order valence-electron chi connectivity index (χ2n) is 6.12. The fourth-order valence-corrected chi connectivity index (χ4v) is 3.55. The third-order valence-electron chi connectivity index (χ3n) is 4.61. The van der Waals surface area contributed by atoms with E-state index in [1.807, 2.05) is 4.90 Å². The molecule has 1 spiro atoms. The van der Waals surface area contributed by atoms with Gasteiger partial charge in [-0.1, -0.05) is 0 Å². The van der Waals surface area contributed by atoms with Gasteiger partial charge in [0.2, 0.25) is 0 Å². The zero-order valence-corrected chi connectivity index (χ0v) is 11.9. The number of nitrogens with one attached hydrogen (secondary N) is 2. The maximum Gasteiger partial charge on any atom is 0.321 e. The highest BCUT2D eigenvalue weighted by Gasteiger charge is 2.38. The van der Waals surface area contributed by atoms with Gasteiger partial charge in [0.05, 0.1) is 0 Å². The molecule has 1 atom stereocenters. The number of piperidine rings is 2. The Balaban J connectivity index is 1.73. The van der Waals surface area contributed by atoms with Gasteiger partial charge in [0.25, 0.3) is 5.91 Å². The van der Waals surface area contributed by atoms with E-state index in [4.69, 9.17) is 0 Å². The van der Waals surface area contributed by atoms with Gasteiger partial charge in [-0.25, -0.2) is 4.98 Å². The summed E-state index contributed by atoms with van der Waals surface area (Å²) in [5.74, 6) is -0.267. The van der Waals surface area contributed by atoms with Gasteiger partial charge in [-0.3, -0.25) is 4.79 Å². The third kappa shape index (κ3) is 2.78. The Morgan fingerprint density at radius 2 is 2.14 bits per heavy atom. The Hall–Kier alpha value is -1.89. The molecule has 2 fully saturated rings. The van der Waals surface area contributed by atoms with Crippen LogP contribution in [0, 0.1) is 15.5 Å². The first-order valence-corrected chi connectivity index (χ1v) is 7.43. The Kier molecular flexibility index (Phi) is 3.67. The van der Waals surface area contributed by atoms with Gasteiger partial charge in [0.15, 0.2) is 5.69 Å². The smallest absolute Gasteiger partial charge is 0.321 e. The summed E-state index contributed by atoms with van der Waals surface area (Å²) < 4.78 is 0. The summed E-state index contributed by atoms with van der Waals surface area (Å²) in [6.45, 7) is 3.49. The first-order chi connectivity index (χ1) is 10.1. The molecule has 0 radical (unpaired) electrons. The van der Waals surface area contributed by atoms with Crippen LogP contribution in [-0.2, 0) is 0 Å². The first kappa shape index (κ1) is 14.1. The van der Waals surface area contributed by atoms with E-state index in [1.165, 1.54) is 12.1 Å². The summed E-state index contributed by atoms with van der Waals surface area (Å²) in [4.78, 5) is 27.1. The van der Waals surface area contributed by atoms with Crippen LogP contribution in [0.2, 0.25) is 0 Å². The van der Waals surface area contributed by atoms with Crippen molar-refractivity contribution in [2.45, 2.75) is 25.7 Å². The molecule has 3 rings (SSSR count). The fourth-order valence-electron chi connectivity index (χ4n) is 3.55. The third-order valence-corrected chi connectivity index (χ3v) is 4.61. The molecule has 1 unspecified atom stereocenters. The molecule has 2 N–H and O–H groups in total. The lowest BCUT2D eigenvalue weighted by molar-refractivity contribution is -0.389. The number of nitrogens with zero attached hydrogens (tertiary/aromatic N) is 2. The molecule has 2 saturated heterocycles. The number of amides is 1. The molecule has 2 aliphatic rings. The minimum Gasteiger partial charge on any atom is -0.358 e. The van der Waals surface area contributed by atoms with E-state index in [0.717, 1.165) is 51.9 Å². The number of rotatable bonds is 2. The number of hydrogen-bond acceptors (Lipinski definition) is 4. The SMILES string of the molecule is O=C(c1ccc([N+](=O)[O-])[nH]1)N1CCCC2(CCCNC2)C1. The van der Waals surface area contributed by atoms with E-state index in [9.17, 15) is 14.9 Å². The van der Waals surface area contributed by atoms with Crippen molar-refractivity contribution in [2.75, 3.05) is 26.2 Å². The molecule has 1 aromatic heterocycles. The van der Waals surface area contributed by atoms with Crippen LogP contribution < -0.4 is 5.32 Å². The molecule has 1 amide bonds. The number of aromatic amines is 1. The standard InChI is InChI=1S/C14H20N4O3/c19-13(11-3-4-12(16-11)18(20)21)17-8-2-6-14(10-17)5-1-7-15-9-14/h3-4,15-16H,1-2,5-10H2. The number of H-pyrrole nitrogens is 1. The Morgan fingerprint density at radius 1 is 1.33 bits per heavy atom. The molecule has 7 heteroatoms. The molecule has 0 bridgehead atoms. The highest BCUT2D eigenvalue weighted by atomic mass is 16.6. The Bertz CT molecular complexity index is 543. The van der Waals surface area contributed by atoms with Crippen molar-refractivity contribution in [1.82, 2.24) is 15.2 Å². The van der Waals surface area contributed by atoms with Gasteiger partial charge in [0.1, 0.15) is 0 Å². The van der Waals surface area contributed by atoms with E-state index in [0.29, 0.717) is 5.69 Å². The molecule has 2 aliphatic heterocycles. The fraction of sp³-hybridized carbons (Fsp3) is 0.643. The highest BCUT2D eigenvalue weighted by Crippen LogP contribution is 2.36. The molecular weight excluding hydrogens is 272 g/mol. The maximum absolute atomic E-state index is 12.5. The van der Waals surface area contributed by atoms with Crippen LogP contribution in [-0.4, -0.2) is 46.9 Å². The lowest BCUT2D eigenvalue weighted by atomic mass is 9.74. The lowest BCUT2D eigenvalue weighted by Crippen LogP contribution is -2.52. The van der Waals surface area contributed by atoms with Crippen LogP contribution in [0.3, 0.4) is 0 Å². The summed E-state index contributed by atoms with van der Waals surface area (Å²) in [5, 5.41) is 14.1. The Morgan fingerprint density at radius 3 is 2.81 bits per heavy atom. The molecule has 21 heavy (non-hydrogen) atoms. The van der Waals surface area contributed by atoms with Crippen molar-refractivity contribution < 1.29 is 9.72 Å². The van der Waals surface area contributed by atoms with Crippen molar-refractivity contribution in [1.29, 1.82) is 0 Å². The minimum absolute atomic E-state index is 0.132. The minimum atomic E-state index is -0.514. The Labute approximate surface area is 122 Å². The second-order valence-corrected chi connectivity index (χ2v) is 6.12. The molecule has 114 valence electrons. The zero-order valence-electron chi connectivity index (χ0n) is 11.9. The predicted molar refractivity (Wildman–Crippen MR) is 77.1 cm³/mol. The molecule has 0 saturated carbocycles. The summed E-state index contributed by atoms with van der Waals surface area (Å²) in [6, 6.07) is 2.84. The molecule has 0 aromatic carbocycles. The van der Waals surface area contributed by atoms with Crippen molar-refractivity contribution in [3.8, 4) is 0 Å². The number of hydrogen-bond donors (Lipinski definition) is 2. The van der Waals surface area contributed by atoms with E-state index in [2.05, 4.69) is 10.3 Å². The number of carbonyl (C=O) groups is 1. The largest absolute Gasteiger partial charge is 0.358 e. The van der Waals surface area contributed by atoms with E-state index in [-0.39, 0.29) is 17.1 Å². The van der Waals surface area contributed by atoms with Crippen LogP contribution in [0.25, 0.3) is 0 Å². The van der Waals surface area contributed by atoms with Crippen molar-refractivity contribution in [3.63, 3.8) is 0 Å². The molecule has 1 aromatic rings. The van der Waals surface area contributed by atoms with Gasteiger partial charge in [-0.2, -0.15) is 0 Å². The molecule has 0 aliphatic carbocycles. The van der Waals surface area contributed by atoms with E-state index >= 15 is 0 Å². The average molecular weight is 292 g/mol. The normalized spacial score (nSPS) is 26.0. The quantitative estimate of drug-likeness (QED) is 0.638. The maximum atomic E-state index is 12.5. The van der Waals surface area contributed by atoms with Crippen LogP contribution in [0.15, 0.2) is 12.1 Å². The summed E-state index contributed by atoms with van der Waals surface area (Å²) >= 11 is 0. The number of aromatic nitrogens is 1. The summed E-state index contributed by atoms with van der Waals surface area (Å²) in [7, 11) is 0. The average Bonchev–Trinajstić information content (AvgIpc) is 2.97. The number of likely N-dealkylation sites (tertiary alicyclic amines) is 1. The van der Waals surface area contributed by atoms with E-state index < -0.39 is 4.92 Å². The number of nitro groups is 1. The predicted octanol–water partition coefficient (Wildman–Crippen LogP) is 1.53. The monoisotopic (exact) mass is 292 g/mol. The van der Waals surface area contributed by atoms with Crippen LogP contribution >= 0.6 is 0 Å². The number of carbonyl (C=O) groups excluding carboxylic acids is 1. The van der Waals surface area contributed by atoms with Gasteiger partial charge >= 0.3 is 5.82 Å². The lowest BCUT2D eigenvalue weighted by Gasteiger charge is -2.45. The molecular formula is C14H20N4O3. The van der Waals surface area contributed by atoms with Crippen LogP contribution in [0.5, 0.6) is 0 Å². The van der Waals surface area contributed by atoms with Crippen molar-refractivity contribution in [3.05, 3.63) is 27.9 Å². The van der Waals surface area contributed by atoms with Gasteiger partial charge in [0, 0.05) is 31.1 Å². The van der Waals surface area contributed by atoms with Gasteiger partial charge in [-0.15, -0.1) is 0 Å². The van der Waals surface area contributed by atoms with Crippen molar-refractivity contribution >= 4 is 11.7 Å². The summed E-state index contributed by atoms with van der Waals surface area (Å²) in [6.07, 6.45) is 4.44. The van der Waals surface area contributed by atoms with Crippen molar-refractivity contribution in [2.24, 2.45) is 5.41 Å². The van der Waals surface area contributed by atoms with E-state index in [1.54, 1.807) is 0 Å². The topological polar surface area (TPSA) is 91.3 Å². The zero-order chi connectivity index (χ0) is 14.9. The van der Waals surface area contributed by atoms with Gasteiger partial charge < -0.3 is 20.3 Å². The second kappa shape index (κ2) is 5.48.